The number of hydrogen-bond acceptors (Lipinski definition) is 7. The zero-order chi connectivity index (χ0) is 20.8. The van der Waals surface area contributed by atoms with E-state index in [0.717, 1.165) is 5.56 Å². The number of non-ortho nitro benzene ring substituents is 1. The highest BCUT2D eigenvalue weighted by molar-refractivity contribution is 8.26. The van der Waals surface area contributed by atoms with E-state index in [-0.39, 0.29) is 11.6 Å². The van der Waals surface area contributed by atoms with Gasteiger partial charge in [-0.2, -0.15) is 0 Å². The van der Waals surface area contributed by atoms with Crippen molar-refractivity contribution in [3.8, 4) is 11.5 Å². The van der Waals surface area contributed by atoms with E-state index in [9.17, 15) is 14.9 Å². The van der Waals surface area contributed by atoms with E-state index in [1.807, 2.05) is 32.0 Å². The van der Waals surface area contributed by atoms with Crippen LogP contribution in [0.15, 0.2) is 47.4 Å². The molecule has 0 aromatic heterocycles. The summed E-state index contributed by atoms with van der Waals surface area (Å²) in [6.45, 7) is 3.95. The molecule has 2 aromatic rings. The van der Waals surface area contributed by atoms with Crippen molar-refractivity contribution >= 4 is 46.0 Å². The lowest BCUT2D eigenvalue weighted by molar-refractivity contribution is -0.384. The summed E-state index contributed by atoms with van der Waals surface area (Å²) in [5.41, 5.74) is 1.40. The average molecular weight is 428 g/mol. The number of ether oxygens (including phenoxy) is 2. The van der Waals surface area contributed by atoms with Crippen molar-refractivity contribution < 1.29 is 19.2 Å². The number of thioether (sulfide) groups is 1. The molecule has 0 spiro atoms. The lowest BCUT2D eigenvalue weighted by Crippen LogP contribution is -2.29. The second kappa shape index (κ2) is 7.16. The summed E-state index contributed by atoms with van der Waals surface area (Å²) in [7, 11) is 0. The van der Waals surface area contributed by atoms with Gasteiger partial charge < -0.3 is 9.47 Å². The largest absolute Gasteiger partial charge is 0.449 e. The summed E-state index contributed by atoms with van der Waals surface area (Å²) in [6, 6.07) is 11.6. The maximum atomic E-state index is 12.8. The fourth-order valence-corrected chi connectivity index (χ4v) is 4.32. The third-order valence-electron chi connectivity index (χ3n) is 4.31. The summed E-state index contributed by atoms with van der Waals surface area (Å²) >= 11 is 6.55. The van der Waals surface area contributed by atoms with Gasteiger partial charge in [0.15, 0.2) is 11.5 Å². The first-order valence-electron chi connectivity index (χ1n) is 8.73. The summed E-state index contributed by atoms with van der Waals surface area (Å²) in [4.78, 5) is 25.3. The van der Waals surface area contributed by atoms with Crippen LogP contribution < -0.4 is 9.47 Å². The molecule has 2 aliphatic rings. The van der Waals surface area contributed by atoms with Crippen LogP contribution >= 0.6 is 24.0 Å². The van der Waals surface area contributed by atoms with Gasteiger partial charge in [-0.1, -0.05) is 42.2 Å². The molecule has 0 aliphatic carbocycles. The smallest absolute Gasteiger partial charge is 0.270 e. The number of nitro benzene ring substituents is 1. The Balaban J connectivity index is 1.54. The first-order chi connectivity index (χ1) is 13.7. The maximum Gasteiger partial charge on any atom is 0.270 e. The second-order valence-electron chi connectivity index (χ2n) is 7.00. The normalized spacial score (nSPS) is 18.6. The van der Waals surface area contributed by atoms with Gasteiger partial charge in [-0.05, 0) is 29.3 Å². The van der Waals surface area contributed by atoms with E-state index in [4.69, 9.17) is 21.7 Å². The highest BCUT2D eigenvalue weighted by Crippen LogP contribution is 2.40. The number of rotatable bonds is 4. The number of hydrogen-bond donors (Lipinski definition) is 0. The highest BCUT2D eigenvalue weighted by atomic mass is 32.2. The average Bonchev–Trinajstić information content (AvgIpc) is 3.10. The van der Waals surface area contributed by atoms with Gasteiger partial charge in [-0.3, -0.25) is 19.8 Å². The Morgan fingerprint density at radius 1 is 1.21 bits per heavy atom. The second-order valence-corrected chi connectivity index (χ2v) is 8.68. The fraction of sp³-hybridized carbons (Fsp3) is 0.200. The molecule has 9 heteroatoms. The Morgan fingerprint density at radius 3 is 2.72 bits per heavy atom. The topological polar surface area (TPSA) is 81.9 Å². The summed E-state index contributed by atoms with van der Waals surface area (Å²) in [6.07, 6.45) is 1.62. The van der Waals surface area contributed by atoms with Crippen molar-refractivity contribution in [2.45, 2.75) is 26.2 Å². The Labute approximate surface area is 176 Å². The predicted octanol–water partition coefficient (Wildman–Crippen LogP) is 4.50. The molecule has 0 N–H and O–H groups in total. The van der Waals surface area contributed by atoms with Crippen LogP contribution in [-0.2, 0) is 11.3 Å². The van der Waals surface area contributed by atoms with Gasteiger partial charge in [0.25, 0.3) is 11.6 Å². The van der Waals surface area contributed by atoms with Crippen molar-refractivity contribution in [3.63, 3.8) is 0 Å². The quantitative estimate of drug-likeness (QED) is 0.307. The number of benzene rings is 2. The van der Waals surface area contributed by atoms with E-state index < -0.39 is 10.7 Å². The molecule has 4 rings (SSSR count). The molecule has 0 bridgehead atoms. The number of nitro groups is 1. The summed E-state index contributed by atoms with van der Waals surface area (Å²) in [5, 5.41) is 10.9. The van der Waals surface area contributed by atoms with Gasteiger partial charge in [0.05, 0.1) is 16.4 Å². The maximum absolute atomic E-state index is 12.8. The molecular weight excluding hydrogens is 412 g/mol. The molecule has 0 unspecified atom stereocenters. The minimum Gasteiger partial charge on any atom is -0.449 e. The van der Waals surface area contributed by atoms with Crippen LogP contribution in [0.25, 0.3) is 6.08 Å². The van der Waals surface area contributed by atoms with E-state index in [1.165, 1.54) is 28.8 Å². The molecule has 0 atom stereocenters. The standard InChI is InChI=1S/C20H16N2O5S2/c1-20(2)26-15-7-6-13(9-16(15)27-20)11-21-18(23)17(29-19(21)28)10-12-4-3-5-14(8-12)22(24)25/h3-10H,11H2,1-2H3. The van der Waals surface area contributed by atoms with Crippen LogP contribution in [0.3, 0.4) is 0 Å². The van der Waals surface area contributed by atoms with Crippen LogP contribution in [0.4, 0.5) is 5.69 Å². The number of fused-ring (bicyclic) bond motifs is 1. The monoisotopic (exact) mass is 428 g/mol. The van der Waals surface area contributed by atoms with Crippen molar-refractivity contribution in [2.75, 3.05) is 0 Å². The molecule has 148 valence electrons. The van der Waals surface area contributed by atoms with Crippen LogP contribution in [-0.4, -0.2) is 25.8 Å². The minimum atomic E-state index is -0.718. The number of carbonyl (C=O) groups is 1. The van der Waals surface area contributed by atoms with Crippen LogP contribution in [0.5, 0.6) is 11.5 Å². The lowest BCUT2D eigenvalue weighted by atomic mass is 10.1. The molecule has 1 fully saturated rings. The van der Waals surface area contributed by atoms with Crippen LogP contribution in [0, 0.1) is 10.1 Å². The Kier molecular flexibility index (Phi) is 4.79. The van der Waals surface area contributed by atoms with Gasteiger partial charge in [-0.15, -0.1) is 0 Å². The molecule has 1 amide bonds. The van der Waals surface area contributed by atoms with Crippen LogP contribution in [0.2, 0.25) is 0 Å². The van der Waals surface area contributed by atoms with Crippen molar-refractivity contribution in [1.29, 1.82) is 0 Å². The van der Waals surface area contributed by atoms with Gasteiger partial charge in [0.1, 0.15) is 4.32 Å². The Morgan fingerprint density at radius 2 is 1.97 bits per heavy atom. The first-order valence-corrected chi connectivity index (χ1v) is 9.95. The van der Waals surface area contributed by atoms with Gasteiger partial charge in [0.2, 0.25) is 5.79 Å². The number of amides is 1. The van der Waals surface area contributed by atoms with E-state index in [0.29, 0.717) is 32.8 Å². The molecule has 2 heterocycles. The van der Waals surface area contributed by atoms with Gasteiger partial charge in [0, 0.05) is 26.0 Å². The van der Waals surface area contributed by atoms with E-state index >= 15 is 0 Å². The molecule has 1 saturated heterocycles. The van der Waals surface area contributed by atoms with Gasteiger partial charge >= 0.3 is 0 Å². The molecule has 0 radical (unpaired) electrons. The van der Waals surface area contributed by atoms with Crippen molar-refractivity contribution in [3.05, 3.63) is 68.6 Å². The zero-order valence-electron chi connectivity index (χ0n) is 15.6. The molecule has 0 saturated carbocycles. The van der Waals surface area contributed by atoms with E-state index in [2.05, 4.69) is 0 Å². The summed E-state index contributed by atoms with van der Waals surface area (Å²) in [5.74, 6) is 0.341. The molecule has 7 nitrogen and oxygen atoms in total. The van der Waals surface area contributed by atoms with Crippen molar-refractivity contribution in [2.24, 2.45) is 0 Å². The minimum absolute atomic E-state index is 0.0301. The molecule has 2 aliphatic heterocycles. The number of thiocarbonyl (C=S) groups is 1. The third-order valence-corrected chi connectivity index (χ3v) is 5.69. The summed E-state index contributed by atoms with van der Waals surface area (Å²) < 4.78 is 11.9. The first kappa shape index (κ1) is 19.4. The highest BCUT2D eigenvalue weighted by Gasteiger charge is 2.34. The third kappa shape index (κ3) is 3.96. The van der Waals surface area contributed by atoms with Crippen LogP contribution in [0.1, 0.15) is 25.0 Å². The Bertz CT molecular complexity index is 1080. The lowest BCUT2D eigenvalue weighted by Gasteiger charge is -2.16. The molecule has 2 aromatic carbocycles. The molecule has 29 heavy (non-hydrogen) atoms. The Hall–Kier alpha value is -2.91. The predicted molar refractivity (Wildman–Crippen MR) is 114 cm³/mol. The van der Waals surface area contributed by atoms with Crippen molar-refractivity contribution in [1.82, 2.24) is 4.90 Å². The van der Waals surface area contributed by atoms with E-state index in [1.54, 1.807) is 18.2 Å². The number of nitrogens with zero attached hydrogens (tertiary/aromatic N) is 2. The van der Waals surface area contributed by atoms with Gasteiger partial charge in [-0.25, -0.2) is 0 Å². The number of carbonyl (C=O) groups excluding carboxylic acids is 1. The fourth-order valence-electron chi connectivity index (χ4n) is 3.06. The SMILES string of the molecule is CC1(C)Oc2ccc(CN3C(=O)C(=Cc4cccc([N+](=O)[O-])c4)SC3=S)cc2O1. The molecular formula is C20H16N2O5S2. The zero-order valence-corrected chi connectivity index (χ0v) is 17.2.